The molecule has 0 fully saturated rings. The van der Waals surface area contributed by atoms with Gasteiger partial charge in [-0.15, -0.1) is 12.4 Å². The molecule has 0 heterocycles. The predicted octanol–water partition coefficient (Wildman–Crippen LogP) is 3.40. The van der Waals surface area contributed by atoms with E-state index in [1.54, 1.807) is 0 Å². The van der Waals surface area contributed by atoms with Crippen LogP contribution in [0, 0.1) is 10.8 Å². The van der Waals surface area contributed by atoms with Gasteiger partial charge in [0.05, 0.1) is 0 Å². The van der Waals surface area contributed by atoms with Crippen LogP contribution in [0.5, 0.6) is 0 Å². The van der Waals surface area contributed by atoms with Crippen LogP contribution in [0.25, 0.3) is 0 Å². The summed E-state index contributed by atoms with van der Waals surface area (Å²) in [6.07, 6.45) is 1.50. The monoisotopic (exact) mass is 202 g/mol. The zero-order chi connectivity index (χ0) is 5.41. The number of nitrogens with one attached hydrogen (secondary N) is 2. The Hall–Kier alpha value is -0.950. The molecule has 4 nitrogen and oxygen atoms in total. The molecule has 0 bridgehead atoms. The SMILES string of the molecule is C.C.C.C.C.Cl.N=C=O.N=C=O. The molecule has 0 aliphatic heterocycles. The summed E-state index contributed by atoms with van der Waals surface area (Å²) in [6.45, 7) is 0. The van der Waals surface area contributed by atoms with Crippen molar-refractivity contribution in [3.8, 4) is 0 Å². The molecule has 0 radical (unpaired) electrons. The van der Waals surface area contributed by atoms with Gasteiger partial charge in [-0.3, -0.25) is 0 Å². The van der Waals surface area contributed by atoms with Crippen LogP contribution < -0.4 is 0 Å². The number of carbonyl (C=O) groups excluding carboxylic acids is 2. The third-order valence-electron chi connectivity index (χ3n) is 0. The maximum absolute atomic E-state index is 8.35. The smallest absolute Gasteiger partial charge is 0.222 e. The normalized spacial score (nSPS) is 1.33. The van der Waals surface area contributed by atoms with Crippen molar-refractivity contribution in [3.05, 3.63) is 0 Å². The first-order valence-electron chi connectivity index (χ1n) is 0.908. The highest BCUT2D eigenvalue weighted by Crippen LogP contribution is 0.871. The number of hydrogen-bond acceptors (Lipinski definition) is 4. The quantitative estimate of drug-likeness (QED) is 0.466. The van der Waals surface area contributed by atoms with Crippen LogP contribution in [0.4, 0.5) is 0 Å². The zero-order valence-corrected chi connectivity index (χ0v) is 4.04. The Labute approximate surface area is 82.8 Å². The maximum Gasteiger partial charge on any atom is 0.231 e. The lowest BCUT2D eigenvalue weighted by molar-refractivity contribution is 0.562. The second-order valence-corrected chi connectivity index (χ2v) is 0.204. The van der Waals surface area contributed by atoms with E-state index in [0.29, 0.717) is 0 Å². The van der Waals surface area contributed by atoms with Crippen molar-refractivity contribution in [2.24, 2.45) is 0 Å². The van der Waals surface area contributed by atoms with E-state index in [1.807, 2.05) is 0 Å². The van der Waals surface area contributed by atoms with Gasteiger partial charge in [0.2, 0.25) is 12.2 Å². The van der Waals surface area contributed by atoms with E-state index in [9.17, 15) is 0 Å². The topological polar surface area (TPSA) is 81.8 Å². The summed E-state index contributed by atoms with van der Waals surface area (Å²) in [5.41, 5.74) is 0. The number of hydrogen-bond donors (Lipinski definition) is 2. The summed E-state index contributed by atoms with van der Waals surface area (Å²) in [7, 11) is 0. The Balaban J connectivity index is -0.00000000296. The van der Waals surface area contributed by atoms with Gasteiger partial charge >= 0.3 is 0 Å². The Morgan fingerprint density at radius 3 is 0.667 bits per heavy atom. The second kappa shape index (κ2) is 747. The fraction of sp³-hybridized carbons (Fsp3) is 0.714. The third-order valence-corrected chi connectivity index (χ3v) is 0. The molecular formula is C7H23ClN2O2. The fourth-order valence-corrected chi connectivity index (χ4v) is 0. The fourth-order valence-electron chi connectivity index (χ4n) is 0. The van der Waals surface area contributed by atoms with E-state index in [2.05, 4.69) is 0 Å². The Kier molecular flexibility index (Phi) is 7460. The lowest BCUT2D eigenvalue weighted by Crippen LogP contribution is -1.16. The van der Waals surface area contributed by atoms with E-state index in [1.165, 1.54) is 0 Å². The summed E-state index contributed by atoms with van der Waals surface area (Å²) >= 11 is 0. The first-order valence-corrected chi connectivity index (χ1v) is 0.908. The molecule has 0 atom stereocenters. The molecule has 0 unspecified atom stereocenters. The highest BCUT2D eigenvalue weighted by molar-refractivity contribution is 5.85. The first-order chi connectivity index (χ1) is 2.83. The predicted molar refractivity (Wildman–Crippen MR) is 57.7 cm³/mol. The highest BCUT2D eigenvalue weighted by Gasteiger charge is 1.04. The maximum atomic E-state index is 8.35. The van der Waals surface area contributed by atoms with Crippen LogP contribution in [0.3, 0.4) is 0 Å². The largest absolute Gasteiger partial charge is 0.231 e. The Morgan fingerprint density at radius 1 is 0.667 bits per heavy atom. The van der Waals surface area contributed by atoms with E-state index in [4.69, 9.17) is 20.4 Å². The van der Waals surface area contributed by atoms with Crippen LogP contribution in [0.1, 0.15) is 37.1 Å². The molecule has 5 heteroatoms. The minimum Gasteiger partial charge on any atom is -0.222 e. The molecule has 80 valence electrons. The molecule has 0 saturated heterocycles. The molecule has 0 aromatic heterocycles. The van der Waals surface area contributed by atoms with E-state index in [0.717, 1.165) is 12.2 Å². The molecule has 0 aliphatic rings. The van der Waals surface area contributed by atoms with Crippen molar-refractivity contribution in [3.63, 3.8) is 0 Å². The lowest BCUT2D eigenvalue weighted by Gasteiger charge is -1.02. The summed E-state index contributed by atoms with van der Waals surface area (Å²) in [5, 5.41) is 10.8. The summed E-state index contributed by atoms with van der Waals surface area (Å²) < 4.78 is 0. The molecule has 0 aliphatic carbocycles. The van der Waals surface area contributed by atoms with E-state index < -0.39 is 0 Å². The molecule has 0 aromatic rings. The zero-order valence-electron chi connectivity index (χ0n) is 3.22. The van der Waals surface area contributed by atoms with Gasteiger partial charge in [0, 0.05) is 0 Å². The summed E-state index contributed by atoms with van der Waals surface area (Å²) in [5.74, 6) is 0. The van der Waals surface area contributed by atoms with Gasteiger partial charge in [0.1, 0.15) is 0 Å². The summed E-state index contributed by atoms with van der Waals surface area (Å²) in [6, 6.07) is 0. The van der Waals surface area contributed by atoms with Crippen molar-refractivity contribution in [1.29, 1.82) is 10.8 Å². The van der Waals surface area contributed by atoms with Crippen LogP contribution in [-0.4, -0.2) is 12.2 Å². The third kappa shape index (κ3) is 650. The van der Waals surface area contributed by atoms with E-state index in [-0.39, 0.29) is 49.5 Å². The van der Waals surface area contributed by atoms with Crippen molar-refractivity contribution in [1.82, 2.24) is 0 Å². The second-order valence-electron chi connectivity index (χ2n) is 0.204. The van der Waals surface area contributed by atoms with Crippen LogP contribution in [-0.2, 0) is 9.59 Å². The van der Waals surface area contributed by atoms with Crippen LogP contribution >= 0.6 is 12.4 Å². The van der Waals surface area contributed by atoms with Crippen molar-refractivity contribution in [2.75, 3.05) is 0 Å². The van der Waals surface area contributed by atoms with Gasteiger partial charge in [-0.25, -0.2) is 20.4 Å². The number of rotatable bonds is 0. The van der Waals surface area contributed by atoms with Gasteiger partial charge < -0.3 is 0 Å². The molecule has 2 N–H and O–H groups in total. The van der Waals surface area contributed by atoms with E-state index >= 15 is 0 Å². The highest BCUT2D eigenvalue weighted by atomic mass is 35.5. The van der Waals surface area contributed by atoms with Crippen LogP contribution in [0.2, 0.25) is 0 Å². The molecule has 0 amide bonds. The van der Waals surface area contributed by atoms with Gasteiger partial charge in [-0.05, 0) is 0 Å². The van der Waals surface area contributed by atoms with Gasteiger partial charge in [-0.2, -0.15) is 0 Å². The van der Waals surface area contributed by atoms with Crippen molar-refractivity contribution >= 4 is 24.6 Å². The standard InChI is InChI=1S/2CHNO.5CH4.ClH/c2*2-1-3;;;;;;/h2*2H;5*1H4;1H. The molecule has 0 aromatic carbocycles. The average molecular weight is 203 g/mol. The first kappa shape index (κ1) is 120. The van der Waals surface area contributed by atoms with Crippen LogP contribution in [0.15, 0.2) is 0 Å². The van der Waals surface area contributed by atoms with Gasteiger partial charge in [0.15, 0.2) is 0 Å². The van der Waals surface area contributed by atoms with Gasteiger partial charge in [0.25, 0.3) is 0 Å². The number of isocyanates is 2. The summed E-state index contributed by atoms with van der Waals surface area (Å²) in [4.78, 5) is 16.7. The van der Waals surface area contributed by atoms with Crippen molar-refractivity contribution in [2.45, 2.75) is 37.1 Å². The molecule has 0 rings (SSSR count). The molecule has 12 heavy (non-hydrogen) atoms. The average Bonchev–Trinajstić information content (AvgIpc) is 1.39. The Bertz CT molecular complexity index is 73.4. The Morgan fingerprint density at radius 2 is 0.667 bits per heavy atom. The minimum absolute atomic E-state index is 0. The molecular weight excluding hydrogens is 180 g/mol. The lowest BCUT2D eigenvalue weighted by atomic mass is 11.7. The number of halogens is 1. The molecule has 0 spiro atoms. The van der Waals surface area contributed by atoms with Gasteiger partial charge in [-0.1, -0.05) is 37.1 Å². The minimum atomic E-state index is 0. The van der Waals surface area contributed by atoms with Crippen molar-refractivity contribution < 1.29 is 9.59 Å². The molecule has 0 saturated carbocycles.